The first-order valence-corrected chi connectivity index (χ1v) is 10.6. The third kappa shape index (κ3) is 3.69. The number of pyridine rings is 1. The summed E-state index contributed by atoms with van der Waals surface area (Å²) in [5, 5.41) is 0. The number of likely N-dealkylation sites (N-methyl/N-ethyl adjacent to an activating group) is 1. The number of hydrogen-bond acceptors (Lipinski definition) is 5. The lowest BCUT2D eigenvalue weighted by molar-refractivity contribution is 0.149. The van der Waals surface area contributed by atoms with Crippen LogP contribution in [0, 0.1) is 5.82 Å². The summed E-state index contributed by atoms with van der Waals surface area (Å²) in [6.45, 7) is 5.35. The molecule has 7 heteroatoms. The summed E-state index contributed by atoms with van der Waals surface area (Å²) in [4.78, 5) is 16.2. The minimum Gasteiger partial charge on any atom is -0.304 e. The molecule has 3 aromatic heterocycles. The van der Waals surface area contributed by atoms with Gasteiger partial charge in [0.2, 0.25) is 0 Å². The van der Waals surface area contributed by atoms with Gasteiger partial charge in [-0.05, 0) is 43.4 Å². The van der Waals surface area contributed by atoms with Gasteiger partial charge in [0.25, 0.3) is 0 Å². The van der Waals surface area contributed by atoms with Crippen LogP contribution in [0.3, 0.4) is 0 Å². The first-order valence-electron chi connectivity index (χ1n) is 9.75. The summed E-state index contributed by atoms with van der Waals surface area (Å²) in [7, 11) is 2.18. The van der Waals surface area contributed by atoms with Crippen LogP contribution in [0.2, 0.25) is 0 Å². The molecule has 1 fully saturated rings. The van der Waals surface area contributed by atoms with Crippen molar-refractivity contribution in [3.63, 3.8) is 0 Å². The number of fused-ring (bicyclic) bond motifs is 1. The summed E-state index contributed by atoms with van der Waals surface area (Å²) in [6, 6.07) is 10.5. The first kappa shape index (κ1) is 18.4. The Bertz CT molecular complexity index is 1110. The van der Waals surface area contributed by atoms with E-state index in [1.165, 1.54) is 17.0 Å². The molecule has 4 heterocycles. The highest BCUT2D eigenvalue weighted by Crippen LogP contribution is 2.35. The number of aromatic nitrogens is 3. The summed E-state index contributed by atoms with van der Waals surface area (Å²) >= 11 is 1.73. The second-order valence-electron chi connectivity index (χ2n) is 7.48. The molecule has 5 nitrogen and oxygen atoms in total. The van der Waals surface area contributed by atoms with Crippen molar-refractivity contribution in [2.24, 2.45) is 0 Å². The molecule has 1 aliphatic rings. The zero-order valence-electron chi connectivity index (χ0n) is 16.3. The predicted octanol–water partition coefficient (Wildman–Crippen LogP) is 4.01. The summed E-state index contributed by atoms with van der Waals surface area (Å²) in [5.41, 5.74) is 3.86. The van der Waals surface area contributed by atoms with Gasteiger partial charge in [-0.2, -0.15) is 0 Å². The monoisotopic (exact) mass is 407 g/mol. The summed E-state index contributed by atoms with van der Waals surface area (Å²) < 4.78 is 15.6. The Morgan fingerprint density at radius 3 is 2.41 bits per heavy atom. The topological polar surface area (TPSA) is 36.7 Å². The lowest BCUT2D eigenvalue weighted by Gasteiger charge is -2.31. The van der Waals surface area contributed by atoms with Crippen LogP contribution < -0.4 is 0 Å². The largest absolute Gasteiger partial charge is 0.304 e. The number of halogens is 1. The van der Waals surface area contributed by atoms with E-state index in [1.807, 2.05) is 12.1 Å². The van der Waals surface area contributed by atoms with Gasteiger partial charge in [0.1, 0.15) is 5.82 Å². The van der Waals surface area contributed by atoms with E-state index in [0.29, 0.717) is 0 Å². The maximum absolute atomic E-state index is 13.4. The number of imidazole rings is 1. The van der Waals surface area contributed by atoms with Crippen LogP contribution in [0.1, 0.15) is 4.88 Å². The van der Waals surface area contributed by atoms with Gasteiger partial charge in [-0.1, -0.05) is 11.3 Å². The molecule has 4 aromatic rings. The second-order valence-corrected chi connectivity index (χ2v) is 8.57. The molecule has 0 amide bonds. The van der Waals surface area contributed by atoms with E-state index in [0.717, 1.165) is 60.2 Å². The highest BCUT2D eigenvalue weighted by atomic mass is 32.1. The van der Waals surface area contributed by atoms with E-state index in [-0.39, 0.29) is 5.82 Å². The molecule has 148 valence electrons. The van der Waals surface area contributed by atoms with Crippen LogP contribution in [0.25, 0.3) is 27.5 Å². The van der Waals surface area contributed by atoms with Crippen molar-refractivity contribution in [1.29, 1.82) is 0 Å². The molecule has 0 radical (unpaired) electrons. The van der Waals surface area contributed by atoms with E-state index < -0.39 is 0 Å². The number of thiazole rings is 1. The minimum absolute atomic E-state index is 0.241. The third-order valence-corrected chi connectivity index (χ3v) is 6.39. The third-order valence-electron chi connectivity index (χ3n) is 5.42. The quantitative estimate of drug-likeness (QED) is 0.512. The summed E-state index contributed by atoms with van der Waals surface area (Å²) in [6.07, 6.45) is 5.79. The molecule has 1 aliphatic heterocycles. The highest BCUT2D eigenvalue weighted by molar-refractivity contribution is 7.17. The Balaban J connectivity index is 1.55. The lowest BCUT2D eigenvalue weighted by atomic mass is 10.1. The Labute approximate surface area is 173 Å². The van der Waals surface area contributed by atoms with Crippen molar-refractivity contribution < 1.29 is 4.39 Å². The second kappa shape index (κ2) is 7.67. The highest BCUT2D eigenvalue weighted by Gasteiger charge is 2.20. The maximum Gasteiger partial charge on any atom is 0.195 e. The van der Waals surface area contributed by atoms with E-state index in [1.54, 1.807) is 35.9 Å². The van der Waals surface area contributed by atoms with E-state index in [9.17, 15) is 4.39 Å². The molecule has 0 N–H and O–H groups in total. The van der Waals surface area contributed by atoms with Gasteiger partial charge >= 0.3 is 0 Å². The van der Waals surface area contributed by atoms with Crippen LogP contribution in [-0.4, -0.2) is 57.4 Å². The van der Waals surface area contributed by atoms with E-state index in [4.69, 9.17) is 4.98 Å². The van der Waals surface area contributed by atoms with Gasteiger partial charge in [0.15, 0.2) is 4.96 Å². The van der Waals surface area contributed by atoms with E-state index in [2.05, 4.69) is 32.4 Å². The average molecular weight is 408 g/mol. The Morgan fingerprint density at radius 1 is 0.966 bits per heavy atom. The first-order chi connectivity index (χ1) is 14.2. The van der Waals surface area contributed by atoms with Gasteiger partial charge in [-0.3, -0.25) is 14.3 Å². The standard InChI is InChI=1S/C22H22FN5S/c1-26-10-12-27(13-11-26)14-19-15-28-21(17-6-8-24-9-7-17)20(25-22(28)29-19)16-2-4-18(23)5-3-16/h2-9,15H,10-14H2,1H3. The van der Waals surface area contributed by atoms with Crippen LogP contribution in [0.5, 0.6) is 0 Å². The van der Waals surface area contributed by atoms with Gasteiger partial charge in [-0.15, -0.1) is 0 Å². The fraction of sp³-hybridized carbons (Fsp3) is 0.273. The molecule has 5 rings (SSSR count). The maximum atomic E-state index is 13.4. The molecule has 0 saturated carbocycles. The normalized spacial score (nSPS) is 15.9. The van der Waals surface area contributed by atoms with Crippen molar-refractivity contribution in [3.05, 3.63) is 65.7 Å². The number of benzene rings is 1. The molecule has 0 unspecified atom stereocenters. The number of rotatable bonds is 4. The summed E-state index contributed by atoms with van der Waals surface area (Å²) in [5.74, 6) is -0.241. The smallest absolute Gasteiger partial charge is 0.195 e. The van der Waals surface area contributed by atoms with Crippen molar-refractivity contribution in [2.45, 2.75) is 6.54 Å². The molecule has 0 atom stereocenters. The number of piperazine rings is 1. The molecule has 29 heavy (non-hydrogen) atoms. The fourth-order valence-electron chi connectivity index (χ4n) is 3.79. The van der Waals surface area contributed by atoms with Crippen molar-refractivity contribution in [1.82, 2.24) is 24.2 Å². The predicted molar refractivity (Wildman–Crippen MR) is 114 cm³/mol. The Morgan fingerprint density at radius 2 is 1.69 bits per heavy atom. The van der Waals surface area contributed by atoms with Crippen LogP contribution >= 0.6 is 11.3 Å². The molecule has 1 aromatic carbocycles. The van der Waals surface area contributed by atoms with E-state index >= 15 is 0 Å². The number of hydrogen-bond donors (Lipinski definition) is 0. The molecular weight excluding hydrogens is 385 g/mol. The molecule has 0 bridgehead atoms. The van der Waals surface area contributed by atoms with Gasteiger partial charge < -0.3 is 4.90 Å². The van der Waals surface area contributed by atoms with Gasteiger partial charge in [0.05, 0.1) is 11.4 Å². The zero-order valence-corrected chi connectivity index (χ0v) is 17.1. The fourth-order valence-corrected chi connectivity index (χ4v) is 4.80. The minimum atomic E-state index is -0.241. The van der Waals surface area contributed by atoms with Crippen molar-refractivity contribution in [3.8, 4) is 22.5 Å². The van der Waals surface area contributed by atoms with Crippen molar-refractivity contribution >= 4 is 16.3 Å². The SMILES string of the molecule is CN1CCN(Cc2cn3c(-c4ccncc4)c(-c4ccc(F)cc4)nc3s2)CC1. The van der Waals surface area contributed by atoms with Gasteiger partial charge in [-0.25, -0.2) is 9.37 Å². The lowest BCUT2D eigenvalue weighted by Crippen LogP contribution is -2.43. The Kier molecular flexibility index (Phi) is 4.87. The molecule has 0 aliphatic carbocycles. The zero-order chi connectivity index (χ0) is 19.8. The van der Waals surface area contributed by atoms with Crippen molar-refractivity contribution in [2.75, 3.05) is 33.2 Å². The molecule has 1 saturated heterocycles. The molecular formula is C22H22FN5S. The van der Waals surface area contributed by atoms with Crippen LogP contribution in [-0.2, 0) is 6.54 Å². The van der Waals surface area contributed by atoms with Gasteiger partial charge in [0, 0.05) is 67.3 Å². The number of nitrogens with zero attached hydrogens (tertiary/aromatic N) is 5. The van der Waals surface area contributed by atoms with Crippen LogP contribution in [0.15, 0.2) is 55.0 Å². The van der Waals surface area contributed by atoms with Crippen LogP contribution in [0.4, 0.5) is 4.39 Å². The average Bonchev–Trinajstić information content (AvgIpc) is 3.28. The Hall–Kier alpha value is -2.61. The molecule has 0 spiro atoms.